The number of aromatic amines is 1. The van der Waals surface area contributed by atoms with E-state index in [1.165, 1.54) is 6.07 Å². The summed E-state index contributed by atoms with van der Waals surface area (Å²) in [7, 11) is 0. The van der Waals surface area contributed by atoms with Crippen LogP contribution in [0.4, 0.5) is 5.82 Å². The second-order valence-corrected chi connectivity index (χ2v) is 5.25. The van der Waals surface area contributed by atoms with Crippen LogP contribution >= 0.6 is 0 Å². The van der Waals surface area contributed by atoms with Crippen molar-refractivity contribution in [1.29, 1.82) is 0 Å². The molecule has 0 radical (unpaired) electrons. The lowest BCUT2D eigenvalue weighted by molar-refractivity contribution is 0.461. The Morgan fingerprint density at radius 1 is 1.56 bits per heavy atom. The third-order valence-electron chi connectivity index (χ3n) is 3.21. The number of anilines is 1. The van der Waals surface area contributed by atoms with Gasteiger partial charge in [-0.2, -0.15) is 0 Å². The van der Waals surface area contributed by atoms with Gasteiger partial charge in [-0.1, -0.05) is 20.8 Å². The van der Waals surface area contributed by atoms with Crippen LogP contribution in [-0.2, 0) is 0 Å². The van der Waals surface area contributed by atoms with E-state index in [-0.39, 0.29) is 17.0 Å². The number of hydrogen-bond donors (Lipinski definition) is 3. The average Bonchev–Trinajstić information content (AvgIpc) is 2.28. The summed E-state index contributed by atoms with van der Waals surface area (Å²) in [6.45, 7) is 8.80. The van der Waals surface area contributed by atoms with E-state index in [0.717, 1.165) is 12.8 Å². The maximum atomic E-state index is 11.6. The number of nitrogens with two attached hydrogens (primary N) is 1. The average molecular weight is 252 g/mol. The number of hydrogen-bond acceptors (Lipinski definition) is 4. The minimum Gasteiger partial charge on any atom is -0.365 e. The van der Waals surface area contributed by atoms with Crippen LogP contribution < -0.4 is 16.6 Å². The normalized spacial score (nSPS) is 14.6. The van der Waals surface area contributed by atoms with Crippen LogP contribution in [0.1, 0.15) is 52.3 Å². The molecule has 1 unspecified atom stereocenters. The molecule has 0 fully saturated rings. The molecule has 0 saturated carbocycles. The summed E-state index contributed by atoms with van der Waals surface area (Å²) in [6.07, 6.45) is 1.77. The largest absolute Gasteiger partial charge is 0.365 e. The van der Waals surface area contributed by atoms with E-state index in [2.05, 4.69) is 29.1 Å². The Hall–Kier alpha value is -1.36. The topological polar surface area (TPSA) is 83.8 Å². The van der Waals surface area contributed by atoms with Gasteiger partial charge in [0.1, 0.15) is 11.6 Å². The fourth-order valence-corrected chi connectivity index (χ4v) is 1.77. The lowest BCUT2D eigenvalue weighted by Gasteiger charge is -2.30. The van der Waals surface area contributed by atoms with Crippen molar-refractivity contribution in [3.8, 4) is 0 Å². The first-order chi connectivity index (χ1) is 8.40. The first kappa shape index (κ1) is 14.7. The highest BCUT2D eigenvalue weighted by atomic mass is 16.1. The zero-order valence-corrected chi connectivity index (χ0v) is 11.7. The fourth-order valence-electron chi connectivity index (χ4n) is 1.77. The molecule has 0 saturated heterocycles. The Morgan fingerprint density at radius 2 is 2.22 bits per heavy atom. The third-order valence-corrected chi connectivity index (χ3v) is 3.21. The molecular formula is C13H24N4O. The van der Waals surface area contributed by atoms with E-state index in [9.17, 15) is 4.79 Å². The fraction of sp³-hybridized carbons (Fsp3) is 0.692. The predicted octanol–water partition coefficient (Wildman–Crippen LogP) is 1.82. The van der Waals surface area contributed by atoms with E-state index in [1.54, 1.807) is 0 Å². The molecule has 102 valence electrons. The number of H-pyrrole nitrogens is 1. The molecule has 1 heterocycles. The van der Waals surface area contributed by atoms with E-state index in [4.69, 9.17) is 5.73 Å². The molecule has 4 N–H and O–H groups in total. The Kier molecular flexibility index (Phi) is 4.90. The number of nitrogens with zero attached hydrogens (tertiary/aromatic N) is 1. The van der Waals surface area contributed by atoms with Crippen LogP contribution in [0.15, 0.2) is 10.9 Å². The summed E-state index contributed by atoms with van der Waals surface area (Å²) in [5.74, 6) is 1.53. The highest BCUT2D eigenvalue weighted by molar-refractivity contribution is 5.36. The van der Waals surface area contributed by atoms with Gasteiger partial charge in [-0.3, -0.25) is 4.79 Å². The number of aromatic nitrogens is 2. The predicted molar refractivity (Wildman–Crippen MR) is 74.9 cm³/mol. The Labute approximate surface area is 108 Å². The minimum absolute atomic E-state index is 0.121. The van der Waals surface area contributed by atoms with E-state index < -0.39 is 0 Å². The van der Waals surface area contributed by atoms with Crippen molar-refractivity contribution in [1.82, 2.24) is 9.97 Å². The highest BCUT2D eigenvalue weighted by Crippen LogP contribution is 2.20. The van der Waals surface area contributed by atoms with Crippen LogP contribution in [0.5, 0.6) is 0 Å². The van der Waals surface area contributed by atoms with Crippen molar-refractivity contribution in [2.24, 2.45) is 5.73 Å². The molecule has 1 aromatic heterocycles. The standard InChI is InChI=1S/C13H24N4O/c1-5-13(4,6-7-14)17-10-8-11(18)16-12(15-10)9(2)3/h8-9H,5-7,14H2,1-4H3,(H2,15,16,17,18). The monoisotopic (exact) mass is 252 g/mol. The van der Waals surface area contributed by atoms with Gasteiger partial charge in [0, 0.05) is 17.5 Å². The summed E-state index contributed by atoms with van der Waals surface area (Å²) in [6, 6.07) is 1.50. The molecule has 1 atom stereocenters. The number of rotatable bonds is 6. The van der Waals surface area contributed by atoms with Crippen LogP contribution in [0, 0.1) is 0 Å². The van der Waals surface area contributed by atoms with Gasteiger partial charge in [0.15, 0.2) is 0 Å². The highest BCUT2D eigenvalue weighted by Gasteiger charge is 2.21. The van der Waals surface area contributed by atoms with Crippen molar-refractivity contribution < 1.29 is 0 Å². The van der Waals surface area contributed by atoms with Gasteiger partial charge < -0.3 is 16.0 Å². The Bertz CT molecular complexity index is 441. The lowest BCUT2D eigenvalue weighted by atomic mass is 9.94. The molecule has 0 aliphatic heterocycles. The molecule has 5 heteroatoms. The lowest BCUT2D eigenvalue weighted by Crippen LogP contribution is -2.37. The van der Waals surface area contributed by atoms with Crippen molar-refractivity contribution >= 4 is 5.82 Å². The van der Waals surface area contributed by atoms with Gasteiger partial charge in [0.2, 0.25) is 0 Å². The van der Waals surface area contributed by atoms with Gasteiger partial charge in [-0.25, -0.2) is 4.98 Å². The van der Waals surface area contributed by atoms with Crippen LogP contribution in [0.3, 0.4) is 0 Å². The number of nitrogens with one attached hydrogen (secondary N) is 2. The Balaban J connectivity index is 2.99. The van der Waals surface area contributed by atoms with Gasteiger partial charge >= 0.3 is 0 Å². The smallest absolute Gasteiger partial charge is 0.252 e. The quantitative estimate of drug-likeness (QED) is 0.721. The van der Waals surface area contributed by atoms with E-state index in [0.29, 0.717) is 18.2 Å². The second kappa shape index (κ2) is 6.00. The molecule has 1 rings (SSSR count). The zero-order chi connectivity index (χ0) is 13.8. The van der Waals surface area contributed by atoms with Crippen molar-refractivity contribution in [3.05, 3.63) is 22.2 Å². The molecule has 0 spiro atoms. The molecule has 0 amide bonds. The third kappa shape index (κ3) is 3.84. The van der Waals surface area contributed by atoms with Crippen molar-refractivity contribution in [3.63, 3.8) is 0 Å². The van der Waals surface area contributed by atoms with Gasteiger partial charge in [0.05, 0.1) is 0 Å². The summed E-state index contributed by atoms with van der Waals surface area (Å²) in [5.41, 5.74) is 5.38. The second-order valence-electron chi connectivity index (χ2n) is 5.25. The van der Waals surface area contributed by atoms with Crippen LogP contribution in [-0.4, -0.2) is 22.1 Å². The van der Waals surface area contributed by atoms with Gasteiger partial charge in [-0.05, 0) is 26.3 Å². The van der Waals surface area contributed by atoms with E-state index in [1.807, 2.05) is 13.8 Å². The summed E-state index contributed by atoms with van der Waals surface area (Å²) >= 11 is 0. The Morgan fingerprint density at radius 3 is 2.72 bits per heavy atom. The van der Waals surface area contributed by atoms with Crippen LogP contribution in [0.2, 0.25) is 0 Å². The minimum atomic E-state index is -0.123. The zero-order valence-electron chi connectivity index (χ0n) is 11.7. The van der Waals surface area contributed by atoms with Crippen molar-refractivity contribution in [2.75, 3.05) is 11.9 Å². The maximum Gasteiger partial charge on any atom is 0.252 e. The molecule has 0 aliphatic rings. The molecule has 1 aromatic rings. The summed E-state index contributed by atoms with van der Waals surface area (Å²) < 4.78 is 0. The molecule has 0 bridgehead atoms. The molecule has 0 aliphatic carbocycles. The summed E-state index contributed by atoms with van der Waals surface area (Å²) in [5, 5.41) is 3.33. The SMILES string of the molecule is CCC(C)(CCN)Nc1cc(=O)[nH]c(C(C)C)n1. The first-order valence-electron chi connectivity index (χ1n) is 6.49. The molecular weight excluding hydrogens is 228 g/mol. The summed E-state index contributed by atoms with van der Waals surface area (Å²) in [4.78, 5) is 18.8. The van der Waals surface area contributed by atoms with E-state index >= 15 is 0 Å². The van der Waals surface area contributed by atoms with Crippen LogP contribution in [0.25, 0.3) is 0 Å². The first-order valence-corrected chi connectivity index (χ1v) is 6.49. The van der Waals surface area contributed by atoms with Crippen molar-refractivity contribution in [2.45, 2.75) is 52.0 Å². The van der Waals surface area contributed by atoms with Gasteiger partial charge in [-0.15, -0.1) is 0 Å². The van der Waals surface area contributed by atoms with Gasteiger partial charge in [0.25, 0.3) is 5.56 Å². The molecule has 18 heavy (non-hydrogen) atoms. The molecule has 0 aromatic carbocycles. The maximum absolute atomic E-state index is 11.6. The molecule has 5 nitrogen and oxygen atoms in total.